The predicted molar refractivity (Wildman–Crippen MR) is 131 cm³/mol. The molecule has 166 valence electrons. The van der Waals surface area contributed by atoms with Crippen LogP contribution in [0.1, 0.15) is 15.9 Å². The molecule has 4 rings (SSSR count). The molecular formula is C23H18N4O4S2. The Hall–Kier alpha value is -3.76. The maximum atomic E-state index is 12.5. The minimum absolute atomic E-state index is 0.0584. The van der Waals surface area contributed by atoms with Crippen molar-refractivity contribution < 1.29 is 14.5 Å². The van der Waals surface area contributed by atoms with Crippen LogP contribution in [0.5, 0.6) is 0 Å². The lowest BCUT2D eigenvalue weighted by atomic mass is 10.1. The van der Waals surface area contributed by atoms with Crippen molar-refractivity contribution in [2.24, 2.45) is 0 Å². The molecule has 0 aliphatic heterocycles. The number of thioether (sulfide) groups is 1. The second-order valence-corrected chi connectivity index (χ2v) is 9.35. The van der Waals surface area contributed by atoms with Gasteiger partial charge in [-0.25, -0.2) is 4.98 Å². The van der Waals surface area contributed by atoms with E-state index >= 15 is 0 Å². The summed E-state index contributed by atoms with van der Waals surface area (Å²) in [6.45, 7) is 1.93. The van der Waals surface area contributed by atoms with E-state index in [4.69, 9.17) is 0 Å². The zero-order chi connectivity index (χ0) is 23.4. The summed E-state index contributed by atoms with van der Waals surface area (Å²) in [7, 11) is 0. The number of hydrogen-bond acceptors (Lipinski definition) is 7. The van der Waals surface area contributed by atoms with Gasteiger partial charge in [-0.05, 0) is 43.3 Å². The molecule has 3 aromatic carbocycles. The van der Waals surface area contributed by atoms with Gasteiger partial charge in [0.05, 0.1) is 20.9 Å². The van der Waals surface area contributed by atoms with Crippen LogP contribution >= 0.6 is 23.1 Å². The molecule has 1 aromatic heterocycles. The summed E-state index contributed by atoms with van der Waals surface area (Å²) in [6.07, 6.45) is 0. The zero-order valence-electron chi connectivity index (χ0n) is 17.4. The van der Waals surface area contributed by atoms with Crippen molar-refractivity contribution in [1.82, 2.24) is 4.98 Å². The molecule has 4 aromatic rings. The van der Waals surface area contributed by atoms with Crippen molar-refractivity contribution in [2.75, 3.05) is 16.4 Å². The standard InChI is InChI=1S/C23H18N4O4S2/c1-14-5-4-6-15(11-14)22(29)24-16-9-10-18-20(12-16)33-23(26-18)32-13-21(28)25-17-7-2-3-8-19(17)27(30)31/h2-12H,13H2,1H3,(H,24,29)(H,25,28). The number of nitrogens with one attached hydrogen (secondary N) is 2. The highest BCUT2D eigenvalue weighted by atomic mass is 32.2. The Bertz CT molecular complexity index is 1370. The Kier molecular flexibility index (Phi) is 6.66. The number of thiazole rings is 1. The van der Waals surface area contributed by atoms with E-state index < -0.39 is 4.92 Å². The van der Waals surface area contributed by atoms with Crippen LogP contribution in [0, 0.1) is 17.0 Å². The first-order valence-electron chi connectivity index (χ1n) is 9.84. The second-order valence-electron chi connectivity index (χ2n) is 7.10. The number of nitro benzene ring substituents is 1. The average Bonchev–Trinajstić information content (AvgIpc) is 3.20. The molecule has 2 amide bonds. The van der Waals surface area contributed by atoms with Gasteiger partial charge in [0.1, 0.15) is 5.69 Å². The van der Waals surface area contributed by atoms with Crippen LogP contribution in [0.2, 0.25) is 0 Å². The Labute approximate surface area is 197 Å². The first kappa shape index (κ1) is 22.4. The van der Waals surface area contributed by atoms with Crippen molar-refractivity contribution in [2.45, 2.75) is 11.3 Å². The number of para-hydroxylation sites is 2. The van der Waals surface area contributed by atoms with Gasteiger partial charge in [-0.1, -0.05) is 41.6 Å². The molecule has 8 nitrogen and oxygen atoms in total. The number of fused-ring (bicyclic) bond motifs is 1. The quantitative estimate of drug-likeness (QED) is 0.206. The van der Waals surface area contributed by atoms with Crippen molar-refractivity contribution >= 4 is 62.2 Å². The van der Waals surface area contributed by atoms with Gasteiger partial charge in [-0.3, -0.25) is 19.7 Å². The van der Waals surface area contributed by atoms with Gasteiger partial charge >= 0.3 is 0 Å². The van der Waals surface area contributed by atoms with Crippen LogP contribution in [-0.4, -0.2) is 27.5 Å². The number of carbonyl (C=O) groups excluding carboxylic acids is 2. The number of nitro groups is 1. The molecule has 0 atom stereocenters. The van der Waals surface area contributed by atoms with Crippen LogP contribution in [0.4, 0.5) is 17.1 Å². The number of anilines is 2. The molecule has 1 heterocycles. The summed E-state index contributed by atoms with van der Waals surface area (Å²) < 4.78 is 1.56. The van der Waals surface area contributed by atoms with E-state index in [1.807, 2.05) is 37.3 Å². The number of rotatable bonds is 7. The van der Waals surface area contributed by atoms with Crippen LogP contribution in [0.3, 0.4) is 0 Å². The molecule has 0 saturated carbocycles. The lowest BCUT2D eigenvalue weighted by Gasteiger charge is -2.05. The fourth-order valence-electron chi connectivity index (χ4n) is 3.08. The third-order valence-electron chi connectivity index (χ3n) is 4.61. The van der Waals surface area contributed by atoms with E-state index in [0.717, 1.165) is 15.8 Å². The molecule has 0 fully saturated rings. The van der Waals surface area contributed by atoms with Crippen molar-refractivity contribution in [3.8, 4) is 0 Å². The zero-order valence-corrected chi connectivity index (χ0v) is 19.0. The van der Waals surface area contributed by atoms with Crippen LogP contribution in [-0.2, 0) is 4.79 Å². The first-order valence-corrected chi connectivity index (χ1v) is 11.6. The molecule has 0 unspecified atom stereocenters. The molecule has 10 heteroatoms. The van der Waals surface area contributed by atoms with Crippen LogP contribution in [0.25, 0.3) is 10.2 Å². The molecule has 0 bridgehead atoms. The SMILES string of the molecule is Cc1cccc(C(=O)Nc2ccc3nc(SCC(=O)Nc4ccccc4[N+](=O)[O-])sc3c2)c1. The van der Waals surface area contributed by atoms with Crippen molar-refractivity contribution in [1.29, 1.82) is 0 Å². The Balaban J connectivity index is 1.40. The predicted octanol–water partition coefficient (Wildman–Crippen LogP) is 5.50. The van der Waals surface area contributed by atoms with Crippen molar-refractivity contribution in [3.05, 3.63) is 88.0 Å². The molecule has 0 radical (unpaired) electrons. The smallest absolute Gasteiger partial charge is 0.292 e. The fraction of sp³-hybridized carbons (Fsp3) is 0.0870. The summed E-state index contributed by atoms with van der Waals surface area (Å²) in [4.78, 5) is 39.8. The van der Waals surface area contributed by atoms with E-state index in [-0.39, 0.29) is 28.9 Å². The summed E-state index contributed by atoms with van der Waals surface area (Å²) in [6, 6.07) is 18.8. The first-order chi connectivity index (χ1) is 15.9. The summed E-state index contributed by atoms with van der Waals surface area (Å²) in [5, 5.41) is 16.6. The molecule has 0 aliphatic carbocycles. The second kappa shape index (κ2) is 9.80. The third kappa shape index (κ3) is 5.54. The molecular weight excluding hydrogens is 460 g/mol. The fourth-order valence-corrected chi connectivity index (χ4v) is 4.99. The Morgan fingerprint density at radius 2 is 1.88 bits per heavy atom. The van der Waals surface area contributed by atoms with Gasteiger partial charge in [0.15, 0.2) is 4.34 Å². The average molecular weight is 479 g/mol. The highest BCUT2D eigenvalue weighted by Crippen LogP contribution is 2.32. The van der Waals surface area contributed by atoms with Crippen LogP contribution < -0.4 is 10.6 Å². The summed E-state index contributed by atoms with van der Waals surface area (Å²) in [5.41, 5.74) is 3.01. The van der Waals surface area contributed by atoms with E-state index in [1.165, 1.54) is 35.2 Å². The van der Waals surface area contributed by atoms with Gasteiger partial charge in [0.2, 0.25) is 5.91 Å². The normalized spacial score (nSPS) is 10.7. The maximum absolute atomic E-state index is 12.5. The van der Waals surface area contributed by atoms with E-state index in [1.54, 1.807) is 24.3 Å². The van der Waals surface area contributed by atoms with E-state index in [9.17, 15) is 19.7 Å². The molecule has 0 saturated heterocycles. The number of benzene rings is 3. The molecule has 33 heavy (non-hydrogen) atoms. The minimum atomic E-state index is -0.536. The van der Waals surface area contributed by atoms with Gasteiger partial charge < -0.3 is 10.6 Å². The Morgan fingerprint density at radius 1 is 1.06 bits per heavy atom. The molecule has 2 N–H and O–H groups in total. The number of aryl methyl sites for hydroxylation is 1. The maximum Gasteiger partial charge on any atom is 0.292 e. The third-order valence-corrected chi connectivity index (χ3v) is 6.77. The lowest BCUT2D eigenvalue weighted by Crippen LogP contribution is -2.15. The number of nitrogens with zero attached hydrogens (tertiary/aromatic N) is 2. The summed E-state index contributed by atoms with van der Waals surface area (Å²) in [5.74, 6) is -0.494. The number of aromatic nitrogens is 1. The van der Waals surface area contributed by atoms with Crippen LogP contribution in [0.15, 0.2) is 71.1 Å². The largest absolute Gasteiger partial charge is 0.322 e. The Morgan fingerprint density at radius 3 is 2.67 bits per heavy atom. The highest BCUT2D eigenvalue weighted by molar-refractivity contribution is 8.01. The van der Waals surface area contributed by atoms with Gasteiger partial charge in [0, 0.05) is 17.3 Å². The number of carbonyl (C=O) groups is 2. The molecule has 0 aliphatic rings. The number of amides is 2. The number of hydrogen-bond donors (Lipinski definition) is 2. The van der Waals surface area contributed by atoms with Gasteiger partial charge in [-0.15, -0.1) is 11.3 Å². The lowest BCUT2D eigenvalue weighted by molar-refractivity contribution is -0.383. The van der Waals surface area contributed by atoms with Crippen molar-refractivity contribution in [3.63, 3.8) is 0 Å². The minimum Gasteiger partial charge on any atom is -0.322 e. The van der Waals surface area contributed by atoms with Gasteiger partial charge in [-0.2, -0.15) is 0 Å². The molecule has 0 spiro atoms. The van der Waals surface area contributed by atoms with E-state index in [0.29, 0.717) is 15.6 Å². The van der Waals surface area contributed by atoms with Gasteiger partial charge in [0.25, 0.3) is 11.6 Å². The highest BCUT2D eigenvalue weighted by Gasteiger charge is 2.16. The van der Waals surface area contributed by atoms with E-state index in [2.05, 4.69) is 15.6 Å². The monoisotopic (exact) mass is 478 g/mol. The summed E-state index contributed by atoms with van der Waals surface area (Å²) >= 11 is 2.65. The topological polar surface area (TPSA) is 114 Å².